The maximum atomic E-state index is 12.0. The van der Waals surface area contributed by atoms with Gasteiger partial charge in [-0.2, -0.15) is 0 Å². The van der Waals surface area contributed by atoms with Gasteiger partial charge in [0.05, 0.1) is 6.42 Å². The number of hydrogen-bond donors (Lipinski definition) is 3. The van der Waals surface area contributed by atoms with Crippen LogP contribution in [0.5, 0.6) is 0 Å². The van der Waals surface area contributed by atoms with Crippen LogP contribution >= 0.6 is 0 Å². The van der Waals surface area contributed by atoms with Crippen LogP contribution in [0.2, 0.25) is 0 Å². The Morgan fingerprint density at radius 1 is 1.45 bits per heavy atom. The van der Waals surface area contributed by atoms with Gasteiger partial charge in [-0.3, -0.25) is 19.3 Å². The van der Waals surface area contributed by atoms with E-state index < -0.39 is 41.9 Å². The molecular formula is C12H19N3O5. The largest absolute Gasteiger partial charge is 0.481 e. The number of imide groups is 1. The van der Waals surface area contributed by atoms with Gasteiger partial charge in [-0.05, 0) is 20.3 Å². The zero-order valence-electron chi connectivity index (χ0n) is 11.7. The van der Waals surface area contributed by atoms with Crippen molar-refractivity contribution in [2.45, 2.75) is 45.2 Å². The number of nitrogens with zero attached hydrogens (tertiary/aromatic N) is 1. The second-order valence-electron chi connectivity index (χ2n) is 5.07. The third-order valence-corrected chi connectivity index (χ3v) is 3.24. The van der Waals surface area contributed by atoms with Crippen LogP contribution in [0.15, 0.2) is 0 Å². The Hall–Kier alpha value is -2.12. The molecule has 0 aromatic rings. The Kier molecular flexibility index (Phi) is 4.69. The van der Waals surface area contributed by atoms with Crippen LogP contribution in [-0.2, 0) is 14.4 Å². The van der Waals surface area contributed by atoms with E-state index in [1.54, 1.807) is 13.8 Å². The first-order valence-electron chi connectivity index (χ1n) is 6.35. The van der Waals surface area contributed by atoms with Gasteiger partial charge in [-0.25, -0.2) is 4.79 Å². The van der Waals surface area contributed by atoms with Gasteiger partial charge < -0.3 is 15.7 Å². The number of carboxylic acid groups (broad SMARTS) is 1. The van der Waals surface area contributed by atoms with Gasteiger partial charge in [0.1, 0.15) is 12.1 Å². The van der Waals surface area contributed by atoms with Crippen LogP contribution in [0.3, 0.4) is 0 Å². The van der Waals surface area contributed by atoms with Crippen LogP contribution in [0.1, 0.15) is 33.6 Å². The summed E-state index contributed by atoms with van der Waals surface area (Å²) in [4.78, 5) is 46.7. The van der Waals surface area contributed by atoms with Gasteiger partial charge in [0.15, 0.2) is 0 Å². The van der Waals surface area contributed by atoms with Gasteiger partial charge >= 0.3 is 12.0 Å². The summed E-state index contributed by atoms with van der Waals surface area (Å²) in [5.74, 6) is -2.06. The van der Waals surface area contributed by atoms with Gasteiger partial charge in [0.25, 0.3) is 5.91 Å². The van der Waals surface area contributed by atoms with E-state index in [1.807, 2.05) is 0 Å². The summed E-state index contributed by atoms with van der Waals surface area (Å²) >= 11 is 0. The molecule has 8 nitrogen and oxygen atoms in total. The highest BCUT2D eigenvalue weighted by Crippen LogP contribution is 2.20. The molecule has 0 radical (unpaired) electrons. The molecule has 0 aromatic carbocycles. The summed E-state index contributed by atoms with van der Waals surface area (Å²) in [5.41, 5.74) is -0.982. The average Bonchev–Trinajstić information content (AvgIpc) is 2.52. The SMILES string of the molecule is CCC1(C)NC(=O)N(CC(=O)NC(C)CC(=O)O)C1=O. The molecular weight excluding hydrogens is 266 g/mol. The van der Waals surface area contributed by atoms with Crippen LogP contribution in [0.25, 0.3) is 0 Å². The first-order chi connectivity index (χ1) is 9.19. The van der Waals surface area contributed by atoms with E-state index in [0.717, 1.165) is 4.90 Å². The lowest BCUT2D eigenvalue weighted by molar-refractivity contribution is -0.138. The third kappa shape index (κ3) is 3.46. The monoisotopic (exact) mass is 285 g/mol. The van der Waals surface area contributed by atoms with Crippen molar-refractivity contribution in [1.29, 1.82) is 0 Å². The van der Waals surface area contributed by atoms with Gasteiger partial charge in [-0.15, -0.1) is 0 Å². The summed E-state index contributed by atoms with van der Waals surface area (Å²) in [6, 6.07) is -1.18. The molecule has 2 unspecified atom stereocenters. The van der Waals surface area contributed by atoms with Crippen molar-refractivity contribution in [2.24, 2.45) is 0 Å². The summed E-state index contributed by atoms with van der Waals surface area (Å²) in [7, 11) is 0. The predicted octanol–water partition coefficient (Wildman–Crippen LogP) is -0.314. The summed E-state index contributed by atoms with van der Waals surface area (Å²) in [6.45, 7) is 4.48. The summed E-state index contributed by atoms with van der Waals surface area (Å²) < 4.78 is 0. The lowest BCUT2D eigenvalue weighted by Crippen LogP contribution is -2.46. The normalized spacial score (nSPS) is 23.4. The number of hydrogen-bond acceptors (Lipinski definition) is 4. The third-order valence-electron chi connectivity index (χ3n) is 3.24. The van der Waals surface area contributed by atoms with Crippen molar-refractivity contribution in [1.82, 2.24) is 15.5 Å². The molecule has 1 rings (SSSR count). The number of amides is 4. The second-order valence-corrected chi connectivity index (χ2v) is 5.07. The number of rotatable bonds is 6. The van der Waals surface area contributed by atoms with E-state index in [2.05, 4.69) is 10.6 Å². The minimum atomic E-state index is -1.04. The van der Waals surface area contributed by atoms with Crippen LogP contribution in [0, 0.1) is 0 Å². The Labute approximate surface area is 116 Å². The van der Waals surface area contributed by atoms with Crippen molar-refractivity contribution < 1.29 is 24.3 Å². The maximum Gasteiger partial charge on any atom is 0.325 e. The lowest BCUT2D eigenvalue weighted by Gasteiger charge is -2.19. The fraction of sp³-hybridized carbons (Fsp3) is 0.667. The molecule has 112 valence electrons. The van der Waals surface area contributed by atoms with E-state index in [0.29, 0.717) is 6.42 Å². The number of aliphatic carboxylic acids is 1. The summed E-state index contributed by atoms with van der Waals surface area (Å²) in [6.07, 6.45) is 0.198. The van der Waals surface area contributed by atoms with Crippen molar-refractivity contribution in [3.8, 4) is 0 Å². The van der Waals surface area contributed by atoms with Crippen LogP contribution < -0.4 is 10.6 Å². The standard InChI is InChI=1S/C12H19N3O5/c1-4-12(3)10(19)15(11(20)14-12)6-8(16)13-7(2)5-9(17)18/h7H,4-6H2,1-3H3,(H,13,16)(H,14,20)(H,17,18). The van der Waals surface area contributed by atoms with Gasteiger partial charge in [-0.1, -0.05) is 6.92 Å². The molecule has 1 saturated heterocycles. The van der Waals surface area contributed by atoms with E-state index in [-0.39, 0.29) is 6.42 Å². The predicted molar refractivity (Wildman–Crippen MR) is 68.8 cm³/mol. The molecule has 2 atom stereocenters. The molecule has 0 aromatic heterocycles. The number of nitrogens with one attached hydrogen (secondary N) is 2. The van der Waals surface area contributed by atoms with Crippen molar-refractivity contribution in [3.05, 3.63) is 0 Å². The quantitative estimate of drug-likeness (QED) is 0.579. The minimum absolute atomic E-state index is 0.224. The molecule has 1 heterocycles. The highest BCUT2D eigenvalue weighted by Gasteiger charge is 2.46. The lowest BCUT2D eigenvalue weighted by atomic mass is 9.99. The van der Waals surface area contributed by atoms with E-state index in [9.17, 15) is 19.2 Å². The highest BCUT2D eigenvalue weighted by atomic mass is 16.4. The number of urea groups is 1. The fourth-order valence-electron chi connectivity index (χ4n) is 1.91. The average molecular weight is 285 g/mol. The topological polar surface area (TPSA) is 116 Å². The smallest absolute Gasteiger partial charge is 0.325 e. The first-order valence-corrected chi connectivity index (χ1v) is 6.35. The molecule has 0 spiro atoms. The van der Waals surface area contributed by atoms with Gasteiger partial charge in [0, 0.05) is 6.04 Å². The maximum absolute atomic E-state index is 12.0. The van der Waals surface area contributed by atoms with Crippen molar-refractivity contribution in [3.63, 3.8) is 0 Å². The van der Waals surface area contributed by atoms with E-state index >= 15 is 0 Å². The molecule has 8 heteroatoms. The number of carboxylic acids is 1. The van der Waals surface area contributed by atoms with Crippen LogP contribution in [-0.4, -0.2) is 51.9 Å². The molecule has 3 N–H and O–H groups in total. The number of carbonyl (C=O) groups is 4. The Balaban J connectivity index is 2.60. The molecule has 1 aliphatic heterocycles. The Morgan fingerprint density at radius 3 is 2.50 bits per heavy atom. The molecule has 20 heavy (non-hydrogen) atoms. The van der Waals surface area contributed by atoms with Gasteiger partial charge in [0.2, 0.25) is 5.91 Å². The Morgan fingerprint density at radius 2 is 2.05 bits per heavy atom. The minimum Gasteiger partial charge on any atom is -0.481 e. The summed E-state index contributed by atoms with van der Waals surface area (Å²) in [5, 5.41) is 13.6. The van der Waals surface area contributed by atoms with Crippen LogP contribution in [0.4, 0.5) is 4.79 Å². The molecule has 0 bridgehead atoms. The highest BCUT2D eigenvalue weighted by molar-refractivity contribution is 6.08. The molecule has 0 saturated carbocycles. The van der Waals surface area contributed by atoms with E-state index in [1.165, 1.54) is 6.92 Å². The molecule has 1 aliphatic rings. The van der Waals surface area contributed by atoms with E-state index in [4.69, 9.17) is 5.11 Å². The van der Waals surface area contributed by atoms with Crippen molar-refractivity contribution >= 4 is 23.8 Å². The first kappa shape index (κ1) is 15.9. The zero-order valence-corrected chi connectivity index (χ0v) is 11.7. The zero-order chi connectivity index (χ0) is 15.5. The van der Waals surface area contributed by atoms with Crippen molar-refractivity contribution in [2.75, 3.05) is 6.54 Å². The molecule has 0 aliphatic carbocycles. The molecule has 1 fully saturated rings. The number of carbonyl (C=O) groups excluding carboxylic acids is 3. The fourth-order valence-corrected chi connectivity index (χ4v) is 1.91. The second kappa shape index (κ2) is 5.89. The molecule has 4 amide bonds. The Bertz CT molecular complexity index is 450.